The van der Waals surface area contributed by atoms with Gasteiger partial charge < -0.3 is 4.42 Å². The highest BCUT2D eigenvalue weighted by atomic mass is 32.1. The third kappa shape index (κ3) is 15.4. The molecule has 0 radical (unpaired) electrons. The van der Waals surface area contributed by atoms with Crippen LogP contribution in [0.4, 0.5) is 0 Å². The van der Waals surface area contributed by atoms with Crippen LogP contribution in [0.15, 0.2) is 150 Å². The molecule has 0 aliphatic rings. The normalized spacial score (nSPS) is 11.8. The van der Waals surface area contributed by atoms with Gasteiger partial charge in [-0.25, -0.2) is 0 Å². The highest BCUT2D eigenvalue weighted by Gasteiger charge is 2.20. The van der Waals surface area contributed by atoms with E-state index in [2.05, 4.69) is 187 Å². The summed E-state index contributed by atoms with van der Waals surface area (Å²) in [6.07, 6.45) is 35.6. The van der Waals surface area contributed by atoms with Crippen molar-refractivity contribution in [1.82, 2.24) is 0 Å². The van der Waals surface area contributed by atoms with Crippen molar-refractivity contribution in [3.8, 4) is 55.6 Å². The van der Waals surface area contributed by atoms with Crippen LogP contribution in [0.3, 0.4) is 0 Å². The lowest BCUT2D eigenvalue weighted by molar-refractivity contribution is 0.605. The Morgan fingerprint density at radius 1 is 0.286 bits per heavy atom. The standard InChI is InChI=1S/C82H98OS/c1-7-11-15-19-23-27-33-64-53-74(66(49-60(64)6)34-28-24-20-16-12-8-2)70-50-69(65-47-48-81-77(54-65)78-57-76-72-37-31-32-38-79(72)83-80(76)58-82(78)84-81)51-71(52-70)75-56-67(35-29-25-21-17-13-9-3)73(55-68(75)36-30-26-22-18-14-10-4)63-45-43-62(44-46-63)61-41-39-59(5)40-42-61/h31-32,37-58H,7-30,33-36H2,1-6H3. The Morgan fingerprint density at radius 3 is 1.27 bits per heavy atom. The van der Waals surface area contributed by atoms with E-state index in [-0.39, 0.29) is 0 Å². The summed E-state index contributed by atoms with van der Waals surface area (Å²) in [6.45, 7) is 13.9. The summed E-state index contributed by atoms with van der Waals surface area (Å²) >= 11 is 1.89. The Bertz CT molecular complexity index is 3690. The lowest BCUT2D eigenvalue weighted by Crippen LogP contribution is -2.00. The number of aryl methyl sites for hydroxylation is 6. The molecule has 0 spiro atoms. The van der Waals surface area contributed by atoms with Gasteiger partial charge in [-0.05, 0) is 197 Å². The molecule has 10 aromatic rings. The first-order chi connectivity index (χ1) is 41.3. The molecule has 84 heavy (non-hydrogen) atoms. The van der Waals surface area contributed by atoms with Gasteiger partial charge >= 0.3 is 0 Å². The number of thiophene rings is 1. The summed E-state index contributed by atoms with van der Waals surface area (Å²) in [6, 6.07) is 57.6. The maximum atomic E-state index is 6.44. The maximum Gasteiger partial charge on any atom is 0.136 e. The number of para-hydroxylation sites is 1. The summed E-state index contributed by atoms with van der Waals surface area (Å²) in [5.74, 6) is 0. The van der Waals surface area contributed by atoms with Crippen LogP contribution in [0.5, 0.6) is 0 Å². The van der Waals surface area contributed by atoms with Gasteiger partial charge in [-0.2, -0.15) is 0 Å². The van der Waals surface area contributed by atoms with Crippen LogP contribution in [0, 0.1) is 13.8 Å². The molecule has 0 atom stereocenters. The van der Waals surface area contributed by atoms with E-state index < -0.39 is 0 Å². The molecular weight excluding hydrogens is 1030 g/mol. The highest BCUT2D eigenvalue weighted by Crippen LogP contribution is 2.44. The van der Waals surface area contributed by atoms with Crippen molar-refractivity contribution in [3.05, 3.63) is 179 Å². The molecule has 0 unspecified atom stereocenters. The van der Waals surface area contributed by atoms with Crippen molar-refractivity contribution in [1.29, 1.82) is 0 Å². The molecule has 10 rings (SSSR count). The topological polar surface area (TPSA) is 13.1 Å². The van der Waals surface area contributed by atoms with Gasteiger partial charge in [-0.1, -0.05) is 259 Å². The molecule has 2 aromatic heterocycles. The van der Waals surface area contributed by atoms with Crippen molar-refractivity contribution in [2.75, 3.05) is 0 Å². The molecule has 2 heteroatoms. The zero-order valence-electron chi connectivity index (χ0n) is 52.5. The van der Waals surface area contributed by atoms with Gasteiger partial charge in [0.2, 0.25) is 0 Å². The molecule has 0 amide bonds. The second-order valence-corrected chi connectivity index (χ2v) is 26.3. The van der Waals surface area contributed by atoms with E-state index in [0.29, 0.717) is 0 Å². The number of fused-ring (bicyclic) bond motifs is 6. The Kier molecular flexibility index (Phi) is 22.3. The Labute approximate surface area is 510 Å². The second kappa shape index (κ2) is 30.7. The fourth-order valence-corrected chi connectivity index (χ4v) is 14.5. The lowest BCUT2D eigenvalue weighted by Gasteiger charge is -2.21. The number of hydrogen-bond acceptors (Lipinski definition) is 2. The number of benzene rings is 8. The predicted molar refractivity (Wildman–Crippen MR) is 372 cm³/mol. The Morgan fingerprint density at radius 2 is 0.714 bits per heavy atom. The quantitative estimate of drug-likeness (QED) is 0.0374. The minimum Gasteiger partial charge on any atom is -0.456 e. The number of furan rings is 1. The van der Waals surface area contributed by atoms with Crippen LogP contribution in [0.1, 0.15) is 215 Å². The van der Waals surface area contributed by atoms with Crippen LogP contribution in [0.2, 0.25) is 0 Å². The lowest BCUT2D eigenvalue weighted by atomic mass is 9.83. The summed E-state index contributed by atoms with van der Waals surface area (Å²) in [5.41, 5.74) is 24.3. The van der Waals surface area contributed by atoms with Crippen molar-refractivity contribution in [2.45, 2.75) is 221 Å². The van der Waals surface area contributed by atoms with Gasteiger partial charge in [0.1, 0.15) is 11.2 Å². The molecule has 0 fully saturated rings. The maximum absolute atomic E-state index is 6.44. The third-order valence-corrected chi connectivity index (χ3v) is 19.7. The van der Waals surface area contributed by atoms with Gasteiger partial charge in [-0.15, -0.1) is 11.3 Å². The molecule has 0 N–H and O–H groups in total. The molecular formula is C82H98OS. The minimum absolute atomic E-state index is 0.955. The molecule has 2 heterocycles. The van der Waals surface area contributed by atoms with E-state index in [0.717, 1.165) is 36.8 Å². The Balaban J connectivity index is 1.15. The largest absolute Gasteiger partial charge is 0.456 e. The number of rotatable bonds is 33. The Hall–Kier alpha value is -6.22. The van der Waals surface area contributed by atoms with E-state index in [9.17, 15) is 0 Å². The average molecular weight is 1130 g/mol. The van der Waals surface area contributed by atoms with Crippen LogP contribution in [0.25, 0.3) is 97.7 Å². The summed E-state index contributed by atoms with van der Waals surface area (Å²) < 4.78 is 9.05. The molecule has 8 aromatic carbocycles. The number of unbranched alkanes of at least 4 members (excludes halogenated alkanes) is 20. The van der Waals surface area contributed by atoms with Gasteiger partial charge in [0.15, 0.2) is 0 Å². The molecule has 0 saturated heterocycles. The van der Waals surface area contributed by atoms with Gasteiger partial charge in [0.25, 0.3) is 0 Å². The first-order valence-electron chi connectivity index (χ1n) is 33.7. The predicted octanol–water partition coefficient (Wildman–Crippen LogP) is 26.5. The average Bonchev–Trinajstić information content (AvgIpc) is 2.14. The zero-order chi connectivity index (χ0) is 58.0. The van der Waals surface area contributed by atoms with Crippen LogP contribution >= 0.6 is 11.3 Å². The fourth-order valence-electron chi connectivity index (χ4n) is 13.4. The SMILES string of the molecule is CCCCCCCCc1cc(-c2cc(-c3ccc4sc5cc6oc7ccccc7c6cc5c4c3)cc(-c3cc(CCCCCCCC)c(-c4ccc(-c5ccc(C)cc5)cc4)cc3CCCCCCCC)c2)c(CCCCCCCC)cc1C. The van der Waals surface area contributed by atoms with Crippen LogP contribution in [-0.2, 0) is 25.7 Å². The van der Waals surface area contributed by atoms with E-state index in [1.807, 2.05) is 11.3 Å². The van der Waals surface area contributed by atoms with Crippen molar-refractivity contribution in [2.24, 2.45) is 0 Å². The van der Waals surface area contributed by atoms with Crippen molar-refractivity contribution < 1.29 is 4.42 Å². The second-order valence-electron chi connectivity index (χ2n) is 25.2. The summed E-state index contributed by atoms with van der Waals surface area (Å²) in [5, 5.41) is 5.02. The van der Waals surface area contributed by atoms with Crippen LogP contribution < -0.4 is 0 Å². The van der Waals surface area contributed by atoms with Crippen LogP contribution in [-0.4, -0.2) is 0 Å². The molecule has 0 aliphatic carbocycles. The highest BCUT2D eigenvalue weighted by molar-refractivity contribution is 7.25. The summed E-state index contributed by atoms with van der Waals surface area (Å²) in [7, 11) is 0. The first kappa shape index (κ1) is 60.9. The molecule has 0 bridgehead atoms. The first-order valence-corrected chi connectivity index (χ1v) is 34.5. The summed E-state index contributed by atoms with van der Waals surface area (Å²) in [4.78, 5) is 0. The fraction of sp³-hybridized carbons (Fsp3) is 0.415. The molecule has 438 valence electrons. The van der Waals surface area contributed by atoms with Gasteiger partial charge in [0, 0.05) is 30.9 Å². The van der Waals surface area contributed by atoms with Crippen molar-refractivity contribution in [3.63, 3.8) is 0 Å². The smallest absolute Gasteiger partial charge is 0.136 e. The van der Waals surface area contributed by atoms with E-state index in [1.54, 1.807) is 0 Å². The third-order valence-electron chi connectivity index (χ3n) is 18.5. The minimum atomic E-state index is 0.955. The zero-order valence-corrected chi connectivity index (χ0v) is 53.3. The van der Waals surface area contributed by atoms with E-state index in [1.165, 1.54) is 274 Å². The van der Waals surface area contributed by atoms with E-state index >= 15 is 0 Å². The molecule has 0 saturated carbocycles. The van der Waals surface area contributed by atoms with Crippen molar-refractivity contribution >= 4 is 53.4 Å². The molecule has 0 aliphatic heterocycles. The number of hydrogen-bond donors (Lipinski definition) is 0. The van der Waals surface area contributed by atoms with Gasteiger partial charge in [-0.3, -0.25) is 0 Å². The van der Waals surface area contributed by atoms with Gasteiger partial charge in [0.05, 0.1) is 0 Å². The van der Waals surface area contributed by atoms with E-state index in [4.69, 9.17) is 4.42 Å². The monoisotopic (exact) mass is 1130 g/mol. The molecule has 1 nitrogen and oxygen atoms in total.